The minimum atomic E-state index is -3.68. The average molecular weight is 282 g/mol. The van der Waals surface area contributed by atoms with E-state index in [1.54, 1.807) is 18.2 Å². The molecule has 0 spiro atoms. The fraction of sp³-hybridized carbons (Fsp3) is 0.417. The summed E-state index contributed by atoms with van der Waals surface area (Å²) in [5.74, 6) is -0.669. The van der Waals surface area contributed by atoms with Gasteiger partial charge in [-0.15, -0.1) is 0 Å². The molecule has 7 heteroatoms. The van der Waals surface area contributed by atoms with E-state index in [0.29, 0.717) is 12.0 Å². The minimum absolute atomic E-state index is 0.235. The van der Waals surface area contributed by atoms with Crippen LogP contribution in [0, 0.1) is 6.07 Å². The van der Waals surface area contributed by atoms with E-state index in [4.69, 9.17) is 5.73 Å². The van der Waals surface area contributed by atoms with Crippen molar-refractivity contribution in [3.8, 4) is 0 Å². The fourth-order valence-corrected chi connectivity index (χ4v) is 3.45. The van der Waals surface area contributed by atoms with Crippen LogP contribution in [0.5, 0.6) is 0 Å². The summed E-state index contributed by atoms with van der Waals surface area (Å²) in [7, 11) is -0.817. The average Bonchev–Trinajstić information content (AvgIpc) is 2.36. The van der Waals surface area contributed by atoms with Crippen LogP contribution in [0.25, 0.3) is 0 Å². The maximum atomic E-state index is 12.2. The van der Waals surface area contributed by atoms with Gasteiger partial charge in [0.1, 0.15) is 6.04 Å². The lowest BCUT2D eigenvalue weighted by molar-refractivity contribution is -0.122. The molecule has 1 unspecified atom stereocenters. The summed E-state index contributed by atoms with van der Waals surface area (Å²) in [5.41, 5.74) is 6.95. The first kappa shape index (κ1) is 14.0. The number of primary amides is 1. The van der Waals surface area contributed by atoms with Crippen molar-refractivity contribution in [3.63, 3.8) is 0 Å². The molecule has 103 valence electrons. The van der Waals surface area contributed by atoms with E-state index in [1.165, 1.54) is 14.1 Å². The molecule has 1 aliphatic rings. The van der Waals surface area contributed by atoms with E-state index in [1.807, 2.05) is 0 Å². The maximum absolute atomic E-state index is 12.2. The molecule has 1 aromatic rings. The summed E-state index contributed by atoms with van der Waals surface area (Å²) in [6, 6.07) is 7.09. The lowest BCUT2D eigenvalue weighted by atomic mass is 9.94. The van der Waals surface area contributed by atoms with Gasteiger partial charge < -0.3 is 5.73 Å². The largest absolute Gasteiger partial charge is 0.368 e. The van der Waals surface area contributed by atoms with E-state index < -0.39 is 22.2 Å². The third kappa shape index (κ3) is 2.36. The molecule has 0 bridgehead atoms. The highest BCUT2D eigenvalue weighted by atomic mass is 32.2. The van der Waals surface area contributed by atoms with E-state index in [-0.39, 0.29) is 6.54 Å². The second-order valence-corrected chi connectivity index (χ2v) is 6.68. The van der Waals surface area contributed by atoms with Crippen molar-refractivity contribution in [1.29, 1.82) is 0 Å². The third-order valence-electron chi connectivity index (χ3n) is 3.20. The van der Waals surface area contributed by atoms with E-state index in [9.17, 15) is 13.2 Å². The van der Waals surface area contributed by atoms with Gasteiger partial charge >= 0.3 is 0 Å². The number of carbonyl (C=O) groups is 1. The Balaban J connectivity index is 2.53. The summed E-state index contributed by atoms with van der Waals surface area (Å²) in [5, 5.41) is 0. The monoisotopic (exact) mass is 282 g/mol. The van der Waals surface area contributed by atoms with Gasteiger partial charge in [-0.3, -0.25) is 4.79 Å². The smallest absolute Gasteiger partial charge is 0.282 e. The number of rotatable bonds is 3. The van der Waals surface area contributed by atoms with Gasteiger partial charge in [0.05, 0.1) is 0 Å². The Bertz CT molecular complexity index is 598. The molecule has 0 aliphatic carbocycles. The van der Waals surface area contributed by atoms with Crippen LogP contribution in [0.3, 0.4) is 0 Å². The Morgan fingerprint density at radius 1 is 1.53 bits per heavy atom. The molecule has 0 saturated heterocycles. The van der Waals surface area contributed by atoms with E-state index in [0.717, 1.165) is 14.2 Å². The SMILES string of the molecule is CN(C)S(=O)(=O)N1CCc2c[c]ccc2C1C(N)=O. The predicted molar refractivity (Wildman–Crippen MR) is 70.2 cm³/mol. The number of nitrogens with zero attached hydrogens (tertiary/aromatic N) is 2. The first-order valence-corrected chi connectivity index (χ1v) is 7.23. The number of hydrogen-bond donors (Lipinski definition) is 1. The molecule has 1 aliphatic heterocycles. The third-order valence-corrected chi connectivity index (χ3v) is 5.11. The van der Waals surface area contributed by atoms with Crippen molar-refractivity contribution >= 4 is 16.1 Å². The highest BCUT2D eigenvalue weighted by Crippen LogP contribution is 2.31. The summed E-state index contributed by atoms with van der Waals surface area (Å²) in [6.45, 7) is 0.235. The maximum Gasteiger partial charge on any atom is 0.282 e. The summed E-state index contributed by atoms with van der Waals surface area (Å²) in [6.07, 6.45) is 0.545. The summed E-state index contributed by atoms with van der Waals surface area (Å²) >= 11 is 0. The first-order valence-electron chi connectivity index (χ1n) is 5.83. The van der Waals surface area contributed by atoms with Crippen LogP contribution in [-0.2, 0) is 21.4 Å². The molecule has 19 heavy (non-hydrogen) atoms. The topological polar surface area (TPSA) is 83.7 Å². The fourth-order valence-electron chi connectivity index (χ4n) is 2.23. The van der Waals surface area contributed by atoms with Crippen molar-refractivity contribution < 1.29 is 13.2 Å². The van der Waals surface area contributed by atoms with Crippen LogP contribution >= 0.6 is 0 Å². The Hall–Kier alpha value is -1.44. The molecule has 6 nitrogen and oxygen atoms in total. The molecule has 1 amide bonds. The van der Waals surface area contributed by atoms with Gasteiger partial charge in [-0.05, 0) is 23.6 Å². The predicted octanol–water partition coefficient (Wildman–Crippen LogP) is -0.322. The number of nitrogens with two attached hydrogens (primary N) is 1. The Morgan fingerprint density at radius 2 is 2.21 bits per heavy atom. The zero-order chi connectivity index (χ0) is 14.2. The normalized spacial score (nSPS) is 20.3. The molecule has 0 fully saturated rings. The number of carbonyl (C=O) groups excluding carboxylic acids is 1. The number of benzene rings is 1. The van der Waals surface area contributed by atoms with Crippen molar-refractivity contribution in [3.05, 3.63) is 35.4 Å². The van der Waals surface area contributed by atoms with Crippen LogP contribution in [-0.4, -0.2) is 43.6 Å². The van der Waals surface area contributed by atoms with Crippen LogP contribution in [0.1, 0.15) is 17.2 Å². The standard InChI is InChI=1S/C12H16N3O3S/c1-14(2)19(17,18)15-8-7-9-5-3-4-6-10(9)11(15)12(13)16/h4-6,11H,7-8H2,1-2H3,(H2,13,16). The molecule has 2 N–H and O–H groups in total. The molecule has 0 saturated carbocycles. The Morgan fingerprint density at radius 3 is 2.79 bits per heavy atom. The molecule has 1 heterocycles. The molecule has 1 radical (unpaired) electrons. The Labute approximate surface area is 113 Å². The number of amides is 1. The number of fused-ring (bicyclic) bond motifs is 1. The molecule has 1 atom stereocenters. The highest BCUT2D eigenvalue weighted by molar-refractivity contribution is 7.86. The first-order chi connectivity index (χ1) is 8.85. The van der Waals surface area contributed by atoms with Gasteiger partial charge in [0.2, 0.25) is 5.91 Å². The van der Waals surface area contributed by atoms with Crippen molar-refractivity contribution in [2.75, 3.05) is 20.6 Å². The minimum Gasteiger partial charge on any atom is -0.368 e. The van der Waals surface area contributed by atoms with E-state index in [2.05, 4.69) is 6.07 Å². The van der Waals surface area contributed by atoms with Gasteiger partial charge in [-0.25, -0.2) is 0 Å². The Kier molecular flexibility index (Phi) is 3.62. The van der Waals surface area contributed by atoms with Crippen molar-refractivity contribution in [1.82, 2.24) is 8.61 Å². The van der Waals surface area contributed by atoms with Gasteiger partial charge in [-0.2, -0.15) is 17.0 Å². The van der Waals surface area contributed by atoms with Gasteiger partial charge in [0.15, 0.2) is 0 Å². The van der Waals surface area contributed by atoms with Crippen LogP contribution in [0.4, 0.5) is 0 Å². The number of hydrogen-bond acceptors (Lipinski definition) is 3. The van der Waals surface area contributed by atoms with Crippen molar-refractivity contribution in [2.24, 2.45) is 5.73 Å². The van der Waals surface area contributed by atoms with E-state index >= 15 is 0 Å². The molecule has 1 aromatic carbocycles. The lowest BCUT2D eigenvalue weighted by Gasteiger charge is -2.35. The van der Waals surface area contributed by atoms with Gasteiger partial charge in [-0.1, -0.05) is 18.2 Å². The molecular formula is C12H16N3O3S. The van der Waals surface area contributed by atoms with Gasteiger partial charge in [0.25, 0.3) is 10.2 Å². The highest BCUT2D eigenvalue weighted by Gasteiger charge is 2.39. The zero-order valence-corrected chi connectivity index (χ0v) is 11.6. The quantitative estimate of drug-likeness (QED) is 0.824. The summed E-state index contributed by atoms with van der Waals surface area (Å²) < 4.78 is 26.7. The summed E-state index contributed by atoms with van der Waals surface area (Å²) in [4.78, 5) is 11.7. The second-order valence-electron chi connectivity index (χ2n) is 4.58. The molecular weight excluding hydrogens is 266 g/mol. The molecule has 2 rings (SSSR count). The van der Waals surface area contributed by atoms with Crippen molar-refractivity contribution in [2.45, 2.75) is 12.5 Å². The zero-order valence-electron chi connectivity index (χ0n) is 10.8. The van der Waals surface area contributed by atoms with Crippen LogP contribution < -0.4 is 5.73 Å². The molecule has 0 aromatic heterocycles. The van der Waals surface area contributed by atoms with Crippen LogP contribution in [0.15, 0.2) is 18.2 Å². The van der Waals surface area contributed by atoms with Crippen LogP contribution in [0.2, 0.25) is 0 Å². The van der Waals surface area contributed by atoms with Gasteiger partial charge in [0, 0.05) is 20.6 Å². The lowest BCUT2D eigenvalue weighted by Crippen LogP contribution is -2.49. The second kappa shape index (κ2) is 4.92.